The molecule has 0 fully saturated rings. The van der Waals surface area contributed by atoms with Gasteiger partial charge in [-0.3, -0.25) is 0 Å². The molecule has 0 saturated heterocycles. The van der Waals surface area contributed by atoms with Gasteiger partial charge in [0.1, 0.15) is 0 Å². The van der Waals surface area contributed by atoms with Gasteiger partial charge in [0.25, 0.3) is 0 Å². The minimum absolute atomic E-state index is 0.0176. The predicted molar refractivity (Wildman–Crippen MR) is 90.4 cm³/mol. The summed E-state index contributed by atoms with van der Waals surface area (Å²) in [6.07, 6.45) is 3.88. The molecular weight excluding hydrogens is 292 g/mol. The number of nitrogens with one attached hydrogen (secondary N) is 1. The van der Waals surface area contributed by atoms with Crippen molar-refractivity contribution in [2.45, 2.75) is 44.7 Å². The Hall–Kier alpha value is -1.59. The van der Waals surface area contributed by atoms with Crippen LogP contribution in [0, 0.1) is 0 Å². The maximum Gasteiger partial charge on any atom is 0.318 e. The summed E-state index contributed by atoms with van der Waals surface area (Å²) in [5.41, 5.74) is 2.27. The highest BCUT2D eigenvalue weighted by Gasteiger charge is 2.30. The van der Waals surface area contributed by atoms with Gasteiger partial charge in [-0.1, -0.05) is 44.0 Å². The van der Waals surface area contributed by atoms with Gasteiger partial charge in [0.2, 0.25) is 0 Å². The van der Waals surface area contributed by atoms with E-state index >= 15 is 0 Å². The number of methoxy groups -OCH3 is 1. The Morgan fingerprint density at radius 1 is 1.48 bits per heavy atom. The summed E-state index contributed by atoms with van der Waals surface area (Å²) in [5.74, 6) is 0. The Morgan fingerprint density at radius 3 is 2.96 bits per heavy atom. The summed E-state index contributed by atoms with van der Waals surface area (Å²) in [4.78, 5) is 14.4. The Kier molecular flexibility index (Phi) is 6.86. The number of hydrogen-bond donors (Lipinski definition) is 2. The van der Waals surface area contributed by atoms with E-state index in [4.69, 9.17) is 4.74 Å². The van der Waals surface area contributed by atoms with E-state index in [2.05, 4.69) is 18.3 Å². The molecule has 1 heterocycles. The first kappa shape index (κ1) is 17.8. The second-order valence-corrected chi connectivity index (χ2v) is 6.08. The smallest absolute Gasteiger partial charge is 0.318 e. The standard InChI is InChI=1S/C18H28N2O3/c1-3-4-8-15(13-23-2)19-18(22)20-11-10-14-7-5-6-9-16(14)17(20)12-21/h5-7,9,15,17,21H,3-4,8,10-13H2,1-2H3,(H,19,22). The number of hydrogen-bond acceptors (Lipinski definition) is 3. The molecule has 1 aromatic rings. The zero-order chi connectivity index (χ0) is 16.7. The number of unbranched alkanes of at least 4 members (excludes halogenated alkanes) is 1. The fraction of sp³-hybridized carbons (Fsp3) is 0.611. The molecule has 1 aliphatic rings. The van der Waals surface area contributed by atoms with Crippen LogP contribution >= 0.6 is 0 Å². The van der Waals surface area contributed by atoms with E-state index in [-0.39, 0.29) is 24.7 Å². The van der Waals surface area contributed by atoms with Crippen molar-refractivity contribution in [3.8, 4) is 0 Å². The third-order valence-electron chi connectivity index (χ3n) is 4.45. The van der Waals surface area contributed by atoms with Gasteiger partial charge < -0.3 is 20.1 Å². The van der Waals surface area contributed by atoms with Crippen molar-refractivity contribution < 1.29 is 14.6 Å². The zero-order valence-electron chi connectivity index (χ0n) is 14.1. The number of rotatable bonds is 7. The van der Waals surface area contributed by atoms with Gasteiger partial charge in [0.05, 0.1) is 25.3 Å². The molecule has 0 radical (unpaired) electrons. The molecular formula is C18H28N2O3. The summed E-state index contributed by atoms with van der Waals surface area (Å²) in [7, 11) is 1.65. The highest BCUT2D eigenvalue weighted by Crippen LogP contribution is 2.29. The van der Waals surface area contributed by atoms with Gasteiger partial charge in [0, 0.05) is 13.7 Å². The van der Waals surface area contributed by atoms with Crippen LogP contribution in [0.2, 0.25) is 0 Å². The monoisotopic (exact) mass is 320 g/mol. The number of carbonyl (C=O) groups excluding carboxylic acids is 1. The number of amides is 2. The minimum Gasteiger partial charge on any atom is -0.394 e. The lowest BCUT2D eigenvalue weighted by Gasteiger charge is -2.37. The van der Waals surface area contributed by atoms with Crippen molar-refractivity contribution in [1.82, 2.24) is 10.2 Å². The van der Waals surface area contributed by atoms with Crippen LogP contribution in [0.15, 0.2) is 24.3 Å². The average Bonchev–Trinajstić information content (AvgIpc) is 2.58. The molecule has 0 saturated carbocycles. The van der Waals surface area contributed by atoms with E-state index in [9.17, 15) is 9.90 Å². The van der Waals surface area contributed by atoms with Gasteiger partial charge in [-0.15, -0.1) is 0 Å². The first-order chi connectivity index (χ1) is 11.2. The number of aliphatic hydroxyl groups is 1. The Bertz CT molecular complexity index is 507. The maximum absolute atomic E-state index is 12.7. The van der Waals surface area contributed by atoms with Crippen molar-refractivity contribution in [2.75, 3.05) is 26.9 Å². The number of urea groups is 1. The van der Waals surface area contributed by atoms with Crippen LogP contribution in [-0.2, 0) is 11.2 Å². The lowest BCUT2D eigenvalue weighted by atomic mass is 9.93. The molecule has 2 rings (SSSR count). The van der Waals surface area contributed by atoms with Gasteiger partial charge >= 0.3 is 6.03 Å². The Morgan fingerprint density at radius 2 is 2.26 bits per heavy atom. The Balaban J connectivity index is 2.06. The van der Waals surface area contributed by atoms with Crippen LogP contribution in [0.3, 0.4) is 0 Å². The lowest BCUT2D eigenvalue weighted by molar-refractivity contribution is 0.115. The number of aliphatic hydroxyl groups excluding tert-OH is 1. The number of fused-ring (bicyclic) bond motifs is 1. The first-order valence-corrected chi connectivity index (χ1v) is 8.46. The number of benzene rings is 1. The largest absolute Gasteiger partial charge is 0.394 e. The van der Waals surface area contributed by atoms with E-state index < -0.39 is 0 Å². The Labute approximate surface area is 138 Å². The van der Waals surface area contributed by atoms with Gasteiger partial charge in [0.15, 0.2) is 0 Å². The summed E-state index contributed by atoms with van der Waals surface area (Å²) < 4.78 is 5.22. The predicted octanol–water partition coefficient (Wildman–Crippen LogP) is 2.49. The second kappa shape index (κ2) is 8.89. The van der Waals surface area contributed by atoms with Crippen LogP contribution in [-0.4, -0.2) is 48.9 Å². The SMILES string of the molecule is CCCCC(COC)NC(=O)N1CCc2ccccc2C1CO. The van der Waals surface area contributed by atoms with Crippen LogP contribution in [0.5, 0.6) is 0 Å². The van der Waals surface area contributed by atoms with Crippen LogP contribution in [0.4, 0.5) is 4.79 Å². The molecule has 2 unspecified atom stereocenters. The fourth-order valence-corrected chi connectivity index (χ4v) is 3.20. The van der Waals surface area contributed by atoms with E-state index in [1.807, 2.05) is 18.2 Å². The summed E-state index contributed by atoms with van der Waals surface area (Å²) >= 11 is 0. The van der Waals surface area contributed by atoms with Crippen LogP contribution in [0.1, 0.15) is 43.4 Å². The van der Waals surface area contributed by atoms with Gasteiger partial charge in [-0.2, -0.15) is 0 Å². The molecule has 1 aliphatic heterocycles. The van der Waals surface area contributed by atoms with Crippen molar-refractivity contribution in [3.63, 3.8) is 0 Å². The molecule has 1 aromatic carbocycles. The summed E-state index contributed by atoms with van der Waals surface area (Å²) in [5, 5.41) is 12.9. The molecule has 0 aliphatic carbocycles. The number of carbonyl (C=O) groups is 1. The van der Waals surface area contributed by atoms with E-state index in [0.717, 1.165) is 31.2 Å². The highest BCUT2D eigenvalue weighted by atomic mass is 16.5. The summed E-state index contributed by atoms with van der Waals surface area (Å²) in [6, 6.07) is 7.66. The molecule has 5 nitrogen and oxygen atoms in total. The van der Waals surface area contributed by atoms with Gasteiger partial charge in [-0.05, 0) is 24.0 Å². The quantitative estimate of drug-likeness (QED) is 0.811. The molecule has 2 amide bonds. The normalized spacial score (nSPS) is 18.4. The molecule has 23 heavy (non-hydrogen) atoms. The number of nitrogens with zero attached hydrogens (tertiary/aromatic N) is 1. The van der Waals surface area contributed by atoms with E-state index in [1.165, 1.54) is 5.56 Å². The molecule has 2 atom stereocenters. The molecule has 128 valence electrons. The van der Waals surface area contributed by atoms with Crippen molar-refractivity contribution in [1.29, 1.82) is 0 Å². The highest BCUT2D eigenvalue weighted by molar-refractivity contribution is 5.75. The number of ether oxygens (including phenoxy) is 1. The lowest BCUT2D eigenvalue weighted by Crippen LogP contribution is -2.50. The van der Waals surface area contributed by atoms with E-state index in [0.29, 0.717) is 13.2 Å². The molecule has 0 spiro atoms. The van der Waals surface area contributed by atoms with Crippen molar-refractivity contribution in [2.24, 2.45) is 0 Å². The van der Waals surface area contributed by atoms with Crippen LogP contribution in [0.25, 0.3) is 0 Å². The van der Waals surface area contributed by atoms with Crippen molar-refractivity contribution >= 4 is 6.03 Å². The average molecular weight is 320 g/mol. The van der Waals surface area contributed by atoms with Gasteiger partial charge in [-0.25, -0.2) is 4.79 Å². The minimum atomic E-state index is -0.269. The van der Waals surface area contributed by atoms with Crippen LogP contribution < -0.4 is 5.32 Å². The third-order valence-corrected chi connectivity index (χ3v) is 4.45. The zero-order valence-corrected chi connectivity index (χ0v) is 14.1. The molecule has 0 bridgehead atoms. The topological polar surface area (TPSA) is 61.8 Å². The van der Waals surface area contributed by atoms with Crippen molar-refractivity contribution in [3.05, 3.63) is 35.4 Å². The molecule has 0 aromatic heterocycles. The van der Waals surface area contributed by atoms with E-state index in [1.54, 1.807) is 12.0 Å². The third kappa shape index (κ3) is 4.45. The first-order valence-electron chi connectivity index (χ1n) is 8.46. The summed E-state index contributed by atoms with van der Waals surface area (Å²) in [6.45, 7) is 3.21. The fourth-order valence-electron chi connectivity index (χ4n) is 3.20. The molecule has 2 N–H and O–H groups in total. The molecule has 5 heteroatoms. The maximum atomic E-state index is 12.7. The second-order valence-electron chi connectivity index (χ2n) is 6.08.